The van der Waals surface area contributed by atoms with E-state index in [0.717, 1.165) is 5.56 Å². The van der Waals surface area contributed by atoms with Gasteiger partial charge in [-0.25, -0.2) is 4.79 Å². The molecule has 18 heavy (non-hydrogen) atoms. The number of ether oxygens (including phenoxy) is 1. The van der Waals surface area contributed by atoms with E-state index in [9.17, 15) is 4.79 Å². The van der Waals surface area contributed by atoms with Crippen LogP contribution in [0.5, 0.6) is 5.75 Å². The van der Waals surface area contributed by atoms with Gasteiger partial charge >= 0.3 is 5.97 Å². The van der Waals surface area contributed by atoms with Gasteiger partial charge in [0.25, 0.3) is 0 Å². The second-order valence-electron chi connectivity index (χ2n) is 3.69. The Morgan fingerprint density at radius 3 is 2.89 bits per heavy atom. The Labute approximate surface area is 109 Å². The zero-order chi connectivity index (χ0) is 13.1. The number of carboxylic acid groups (broad SMARTS) is 1. The van der Waals surface area contributed by atoms with Crippen molar-refractivity contribution in [1.29, 1.82) is 0 Å². The van der Waals surface area contributed by atoms with Gasteiger partial charge in [0, 0.05) is 11.8 Å². The van der Waals surface area contributed by atoms with Crippen LogP contribution in [0, 0.1) is 0 Å². The van der Waals surface area contributed by atoms with Gasteiger partial charge in [0.05, 0.1) is 30.4 Å². The minimum absolute atomic E-state index is 0.212. The normalized spacial score (nSPS) is 10.3. The lowest BCUT2D eigenvalue weighted by Crippen LogP contribution is -2.05. The first kappa shape index (κ1) is 12.4. The largest absolute Gasteiger partial charge is 0.496 e. The maximum Gasteiger partial charge on any atom is 0.335 e. The van der Waals surface area contributed by atoms with Gasteiger partial charge in [-0.05, 0) is 18.2 Å². The summed E-state index contributed by atoms with van der Waals surface area (Å²) in [5, 5.41) is 13.5. The number of hydrogen-bond donors (Lipinski definition) is 1. The molecule has 0 unspecified atom stereocenters. The van der Waals surface area contributed by atoms with Gasteiger partial charge in [-0.15, -0.1) is 0 Å². The van der Waals surface area contributed by atoms with Gasteiger partial charge < -0.3 is 9.84 Å². The van der Waals surface area contributed by atoms with Crippen LogP contribution in [0.4, 0.5) is 0 Å². The first-order valence-corrected chi connectivity index (χ1v) is 5.56. The van der Waals surface area contributed by atoms with Gasteiger partial charge in [0.15, 0.2) is 0 Å². The van der Waals surface area contributed by atoms with Gasteiger partial charge in [0.1, 0.15) is 5.75 Å². The summed E-state index contributed by atoms with van der Waals surface area (Å²) in [6.07, 6.45) is 3.18. The molecule has 0 aliphatic rings. The predicted molar refractivity (Wildman–Crippen MR) is 66.3 cm³/mol. The Bertz CT molecular complexity index is 580. The summed E-state index contributed by atoms with van der Waals surface area (Å²) in [5.74, 6) is -0.357. The van der Waals surface area contributed by atoms with E-state index in [1.54, 1.807) is 23.0 Å². The molecule has 0 aliphatic heterocycles. The van der Waals surface area contributed by atoms with E-state index in [0.29, 0.717) is 17.3 Å². The first-order valence-electron chi connectivity index (χ1n) is 5.18. The molecule has 0 saturated carbocycles. The van der Waals surface area contributed by atoms with Crippen LogP contribution in [0.25, 0.3) is 0 Å². The molecule has 1 N–H and O–H groups in total. The zero-order valence-electron chi connectivity index (χ0n) is 9.63. The van der Waals surface area contributed by atoms with E-state index in [4.69, 9.17) is 21.4 Å². The molecule has 1 aromatic carbocycles. The molecule has 0 spiro atoms. The van der Waals surface area contributed by atoms with Crippen molar-refractivity contribution < 1.29 is 14.6 Å². The van der Waals surface area contributed by atoms with Crippen LogP contribution in [-0.4, -0.2) is 28.0 Å². The summed E-state index contributed by atoms with van der Waals surface area (Å²) in [6, 6.07) is 4.70. The minimum atomic E-state index is -0.975. The zero-order valence-corrected chi connectivity index (χ0v) is 10.4. The molecular weight excluding hydrogens is 256 g/mol. The van der Waals surface area contributed by atoms with Crippen molar-refractivity contribution in [2.75, 3.05) is 7.11 Å². The third-order valence-corrected chi connectivity index (χ3v) is 2.66. The molecule has 2 rings (SSSR count). The highest BCUT2D eigenvalue weighted by Crippen LogP contribution is 2.21. The lowest BCUT2D eigenvalue weighted by atomic mass is 10.1. The molecule has 0 saturated heterocycles. The second kappa shape index (κ2) is 5.10. The van der Waals surface area contributed by atoms with E-state index in [-0.39, 0.29) is 5.56 Å². The Hall–Kier alpha value is -2.01. The molecule has 0 radical (unpaired) electrons. The van der Waals surface area contributed by atoms with Crippen molar-refractivity contribution in [2.24, 2.45) is 0 Å². The van der Waals surface area contributed by atoms with Crippen LogP contribution >= 0.6 is 11.6 Å². The lowest BCUT2D eigenvalue weighted by molar-refractivity contribution is 0.0696. The van der Waals surface area contributed by atoms with Crippen LogP contribution in [0.3, 0.4) is 0 Å². The maximum atomic E-state index is 10.9. The van der Waals surface area contributed by atoms with Crippen molar-refractivity contribution in [3.8, 4) is 5.75 Å². The smallest absolute Gasteiger partial charge is 0.335 e. The number of aromatic carboxylic acids is 1. The second-order valence-corrected chi connectivity index (χ2v) is 4.12. The van der Waals surface area contributed by atoms with Gasteiger partial charge in [-0.3, -0.25) is 4.68 Å². The topological polar surface area (TPSA) is 64.3 Å². The van der Waals surface area contributed by atoms with Gasteiger partial charge in [-0.2, -0.15) is 5.10 Å². The van der Waals surface area contributed by atoms with Crippen molar-refractivity contribution in [2.45, 2.75) is 6.54 Å². The summed E-state index contributed by atoms with van der Waals surface area (Å²) in [4.78, 5) is 10.9. The SMILES string of the molecule is COc1ccc(C(=O)O)cc1Cn1cc(Cl)cn1. The third kappa shape index (κ3) is 2.62. The highest BCUT2D eigenvalue weighted by Gasteiger charge is 2.10. The number of rotatable bonds is 4. The molecule has 94 valence electrons. The minimum Gasteiger partial charge on any atom is -0.496 e. The van der Waals surface area contributed by atoms with Gasteiger partial charge in [-0.1, -0.05) is 11.6 Å². The van der Waals surface area contributed by atoms with Crippen molar-refractivity contribution in [3.05, 3.63) is 46.7 Å². The third-order valence-electron chi connectivity index (χ3n) is 2.46. The number of methoxy groups -OCH3 is 1. The Balaban J connectivity index is 2.35. The maximum absolute atomic E-state index is 10.9. The molecule has 5 nitrogen and oxygen atoms in total. The molecule has 1 heterocycles. The molecule has 0 fully saturated rings. The fourth-order valence-corrected chi connectivity index (χ4v) is 1.79. The van der Waals surface area contributed by atoms with E-state index in [2.05, 4.69) is 5.10 Å². The summed E-state index contributed by atoms with van der Waals surface area (Å²) < 4.78 is 6.81. The predicted octanol–water partition coefficient (Wildman–Crippen LogP) is 2.29. The summed E-state index contributed by atoms with van der Waals surface area (Å²) in [7, 11) is 1.54. The van der Waals surface area contributed by atoms with Crippen LogP contribution in [0.15, 0.2) is 30.6 Å². The Morgan fingerprint density at radius 1 is 1.56 bits per heavy atom. The van der Waals surface area contributed by atoms with E-state index in [1.807, 2.05) is 0 Å². The Kier molecular flexibility index (Phi) is 3.53. The highest BCUT2D eigenvalue weighted by molar-refractivity contribution is 6.30. The average molecular weight is 267 g/mol. The summed E-state index contributed by atoms with van der Waals surface area (Å²) >= 11 is 5.77. The quantitative estimate of drug-likeness (QED) is 0.922. The molecule has 6 heteroatoms. The van der Waals surface area contributed by atoms with Crippen LogP contribution < -0.4 is 4.74 Å². The molecule has 0 amide bonds. The number of carboxylic acids is 1. The number of aromatic nitrogens is 2. The lowest BCUT2D eigenvalue weighted by Gasteiger charge is -2.09. The monoisotopic (exact) mass is 266 g/mol. The van der Waals surface area contributed by atoms with E-state index >= 15 is 0 Å². The first-order chi connectivity index (χ1) is 8.60. The number of halogens is 1. The van der Waals surface area contributed by atoms with Crippen molar-refractivity contribution in [1.82, 2.24) is 9.78 Å². The number of hydrogen-bond acceptors (Lipinski definition) is 3. The van der Waals surface area contributed by atoms with Crippen molar-refractivity contribution in [3.63, 3.8) is 0 Å². The van der Waals surface area contributed by atoms with Crippen LogP contribution in [0.2, 0.25) is 5.02 Å². The molecule has 0 bridgehead atoms. The molecule has 1 aromatic heterocycles. The molecule has 0 aliphatic carbocycles. The average Bonchev–Trinajstić information content (AvgIpc) is 2.74. The molecular formula is C12H11ClN2O3. The number of benzene rings is 1. The number of nitrogens with zero attached hydrogens (tertiary/aromatic N) is 2. The fraction of sp³-hybridized carbons (Fsp3) is 0.167. The molecule has 0 atom stereocenters. The van der Waals surface area contributed by atoms with E-state index < -0.39 is 5.97 Å². The van der Waals surface area contributed by atoms with Crippen molar-refractivity contribution >= 4 is 17.6 Å². The highest BCUT2D eigenvalue weighted by atomic mass is 35.5. The standard InChI is InChI=1S/C12H11ClN2O3/c1-18-11-3-2-8(12(16)17)4-9(11)6-15-7-10(13)5-14-15/h2-5,7H,6H2,1H3,(H,16,17). The molecule has 2 aromatic rings. The van der Waals surface area contributed by atoms with E-state index in [1.165, 1.54) is 19.4 Å². The fourth-order valence-electron chi connectivity index (χ4n) is 1.63. The summed E-state index contributed by atoms with van der Waals surface area (Å²) in [6.45, 7) is 0.400. The van der Waals surface area contributed by atoms with Gasteiger partial charge in [0.2, 0.25) is 0 Å². The van der Waals surface area contributed by atoms with Crippen LogP contribution in [-0.2, 0) is 6.54 Å². The Morgan fingerprint density at radius 2 is 2.33 bits per heavy atom. The summed E-state index contributed by atoms with van der Waals surface area (Å²) in [5.41, 5.74) is 0.946. The number of carbonyl (C=O) groups is 1. The van der Waals surface area contributed by atoms with Crippen LogP contribution in [0.1, 0.15) is 15.9 Å².